The zero-order valence-electron chi connectivity index (χ0n) is 15.1. The fourth-order valence-electron chi connectivity index (χ4n) is 3.39. The van der Waals surface area contributed by atoms with Crippen molar-refractivity contribution in [3.63, 3.8) is 0 Å². The van der Waals surface area contributed by atoms with Crippen LogP contribution in [-0.4, -0.2) is 57.3 Å². The van der Waals surface area contributed by atoms with Crippen LogP contribution in [0.1, 0.15) is 35.4 Å². The van der Waals surface area contributed by atoms with E-state index in [9.17, 15) is 14.7 Å². The van der Waals surface area contributed by atoms with Gasteiger partial charge < -0.3 is 15.3 Å². The molecule has 3 rings (SSSR count). The maximum Gasteiger partial charge on any atom is 0.274 e. The predicted molar refractivity (Wildman–Crippen MR) is 97.1 cm³/mol. The van der Waals surface area contributed by atoms with Gasteiger partial charge in [0.05, 0.1) is 24.3 Å². The lowest BCUT2D eigenvalue weighted by Crippen LogP contribution is -2.52. The quantitative estimate of drug-likeness (QED) is 0.864. The highest BCUT2D eigenvalue weighted by atomic mass is 16.3. The Bertz CT molecular complexity index is 802. The maximum absolute atomic E-state index is 12.9. The number of carbonyl (C=O) groups excluding carboxylic acids is 2. The van der Waals surface area contributed by atoms with E-state index in [1.165, 1.54) is 7.05 Å². The van der Waals surface area contributed by atoms with Gasteiger partial charge >= 0.3 is 0 Å². The first kappa shape index (κ1) is 18.1. The van der Waals surface area contributed by atoms with Crippen LogP contribution >= 0.6 is 0 Å². The molecule has 2 heterocycles. The number of aliphatic hydroxyl groups is 1. The number of benzene rings is 1. The zero-order valence-corrected chi connectivity index (χ0v) is 15.1. The van der Waals surface area contributed by atoms with Crippen LogP contribution in [0.25, 0.3) is 5.69 Å². The Labute approximate surface area is 152 Å². The number of hydrogen-bond acceptors (Lipinski definition) is 4. The number of para-hydroxylation sites is 1. The van der Waals surface area contributed by atoms with E-state index in [1.54, 1.807) is 15.6 Å². The van der Waals surface area contributed by atoms with Gasteiger partial charge in [-0.05, 0) is 38.0 Å². The number of hydrogen-bond donors (Lipinski definition) is 2. The van der Waals surface area contributed by atoms with E-state index >= 15 is 0 Å². The first-order chi connectivity index (χ1) is 12.4. The molecule has 2 N–H and O–H groups in total. The SMILES string of the molecule is CNC(=O)CC1(O)CCCN(C(=O)c2cc(C)n(-c3ccccc3)n2)C1. The van der Waals surface area contributed by atoms with Gasteiger partial charge in [-0.1, -0.05) is 18.2 Å². The van der Waals surface area contributed by atoms with Crippen LogP contribution < -0.4 is 5.32 Å². The topological polar surface area (TPSA) is 87.5 Å². The molecule has 26 heavy (non-hydrogen) atoms. The van der Waals surface area contributed by atoms with Crippen LogP contribution in [0.3, 0.4) is 0 Å². The number of piperidine rings is 1. The van der Waals surface area contributed by atoms with Crippen molar-refractivity contribution < 1.29 is 14.7 Å². The minimum absolute atomic E-state index is 0.00916. The molecular weight excluding hydrogens is 332 g/mol. The third-order valence-corrected chi connectivity index (χ3v) is 4.72. The van der Waals surface area contributed by atoms with E-state index in [2.05, 4.69) is 10.4 Å². The molecule has 7 nitrogen and oxygen atoms in total. The number of likely N-dealkylation sites (tertiary alicyclic amines) is 1. The predicted octanol–water partition coefficient (Wildman–Crippen LogP) is 1.28. The highest BCUT2D eigenvalue weighted by molar-refractivity contribution is 5.92. The van der Waals surface area contributed by atoms with Gasteiger partial charge in [0.15, 0.2) is 5.69 Å². The first-order valence-corrected chi connectivity index (χ1v) is 8.76. The minimum atomic E-state index is -1.19. The summed E-state index contributed by atoms with van der Waals surface area (Å²) in [5, 5.41) is 17.7. The summed E-state index contributed by atoms with van der Waals surface area (Å²) in [7, 11) is 1.54. The smallest absolute Gasteiger partial charge is 0.274 e. The lowest BCUT2D eigenvalue weighted by molar-refractivity contribution is -0.127. The average Bonchev–Trinajstić information content (AvgIpc) is 3.03. The summed E-state index contributed by atoms with van der Waals surface area (Å²) in [6.07, 6.45) is 1.14. The van der Waals surface area contributed by atoms with Crippen LogP contribution in [0, 0.1) is 6.92 Å². The lowest BCUT2D eigenvalue weighted by atomic mass is 9.89. The Kier molecular flexibility index (Phi) is 5.08. The second-order valence-electron chi connectivity index (χ2n) is 6.82. The third-order valence-electron chi connectivity index (χ3n) is 4.72. The van der Waals surface area contributed by atoms with Crippen LogP contribution in [0.4, 0.5) is 0 Å². The van der Waals surface area contributed by atoms with Crippen molar-refractivity contribution in [1.29, 1.82) is 0 Å². The van der Waals surface area contributed by atoms with Gasteiger partial charge in [0, 0.05) is 19.3 Å². The first-order valence-electron chi connectivity index (χ1n) is 8.76. The average molecular weight is 356 g/mol. The minimum Gasteiger partial charge on any atom is -0.388 e. The summed E-state index contributed by atoms with van der Waals surface area (Å²) in [4.78, 5) is 26.1. The summed E-state index contributed by atoms with van der Waals surface area (Å²) >= 11 is 0. The number of nitrogens with one attached hydrogen (secondary N) is 1. The van der Waals surface area contributed by atoms with Crippen molar-refractivity contribution >= 4 is 11.8 Å². The number of carbonyl (C=O) groups is 2. The normalized spacial score (nSPS) is 20.0. The molecule has 1 saturated heterocycles. The lowest BCUT2D eigenvalue weighted by Gasteiger charge is -2.38. The number of amides is 2. The van der Waals surface area contributed by atoms with Gasteiger partial charge in [-0.3, -0.25) is 9.59 Å². The van der Waals surface area contributed by atoms with Crippen molar-refractivity contribution in [1.82, 2.24) is 20.0 Å². The molecule has 1 aliphatic heterocycles. The molecule has 1 aromatic carbocycles. The van der Waals surface area contributed by atoms with Gasteiger partial charge in [-0.2, -0.15) is 5.10 Å². The zero-order chi connectivity index (χ0) is 18.7. The molecule has 0 saturated carbocycles. The second-order valence-corrected chi connectivity index (χ2v) is 6.82. The summed E-state index contributed by atoms with van der Waals surface area (Å²) in [5.41, 5.74) is 0.900. The summed E-state index contributed by atoms with van der Waals surface area (Å²) in [5.74, 6) is -0.455. The largest absolute Gasteiger partial charge is 0.388 e. The standard InChI is InChI=1S/C19H24N4O3/c1-14-11-16(21-23(14)15-7-4-3-5-8-15)18(25)22-10-6-9-19(26,13-22)12-17(24)20-2/h3-5,7-8,11,26H,6,9-10,12-13H2,1-2H3,(H,20,24). The van der Waals surface area contributed by atoms with Crippen molar-refractivity contribution in [2.75, 3.05) is 20.1 Å². The molecule has 0 spiro atoms. The van der Waals surface area contributed by atoms with E-state index in [1.807, 2.05) is 37.3 Å². The Morgan fingerprint density at radius 1 is 1.31 bits per heavy atom. The molecule has 1 aliphatic rings. The van der Waals surface area contributed by atoms with Gasteiger partial charge in [-0.25, -0.2) is 4.68 Å². The van der Waals surface area contributed by atoms with Gasteiger partial charge in [0.1, 0.15) is 0 Å². The highest BCUT2D eigenvalue weighted by Gasteiger charge is 2.37. The highest BCUT2D eigenvalue weighted by Crippen LogP contribution is 2.26. The second kappa shape index (κ2) is 7.29. The van der Waals surface area contributed by atoms with E-state index in [0.29, 0.717) is 25.1 Å². The molecule has 0 aliphatic carbocycles. The maximum atomic E-state index is 12.9. The fraction of sp³-hybridized carbons (Fsp3) is 0.421. The van der Waals surface area contributed by atoms with Gasteiger partial charge in [-0.15, -0.1) is 0 Å². The van der Waals surface area contributed by atoms with E-state index in [0.717, 1.165) is 11.4 Å². The molecule has 1 aromatic heterocycles. The number of aromatic nitrogens is 2. The summed E-state index contributed by atoms with van der Waals surface area (Å²) in [6, 6.07) is 11.4. The van der Waals surface area contributed by atoms with Crippen molar-refractivity contribution in [3.05, 3.63) is 47.8 Å². The van der Waals surface area contributed by atoms with Crippen LogP contribution in [0.5, 0.6) is 0 Å². The molecule has 2 amide bonds. The van der Waals surface area contributed by atoms with Gasteiger partial charge in [0.2, 0.25) is 5.91 Å². The molecule has 138 valence electrons. The van der Waals surface area contributed by atoms with Crippen LogP contribution in [0.2, 0.25) is 0 Å². The number of β-amino-alcohol motifs (C(OH)–C–C–N with tert-alkyl or cyclic N) is 1. The molecule has 0 bridgehead atoms. The monoisotopic (exact) mass is 356 g/mol. The molecule has 1 unspecified atom stereocenters. The molecule has 7 heteroatoms. The number of aryl methyl sites for hydroxylation is 1. The Morgan fingerprint density at radius 3 is 2.73 bits per heavy atom. The Balaban J connectivity index is 1.78. The fourth-order valence-corrected chi connectivity index (χ4v) is 3.39. The molecule has 1 atom stereocenters. The summed E-state index contributed by atoms with van der Waals surface area (Å²) < 4.78 is 1.73. The van der Waals surface area contributed by atoms with E-state index in [-0.39, 0.29) is 24.8 Å². The van der Waals surface area contributed by atoms with E-state index in [4.69, 9.17) is 0 Å². The van der Waals surface area contributed by atoms with Crippen LogP contribution in [0.15, 0.2) is 36.4 Å². The summed E-state index contributed by atoms with van der Waals surface area (Å²) in [6.45, 7) is 2.58. The van der Waals surface area contributed by atoms with Crippen molar-refractivity contribution in [3.8, 4) is 5.69 Å². The molecule has 1 fully saturated rings. The third kappa shape index (κ3) is 3.77. The van der Waals surface area contributed by atoms with E-state index < -0.39 is 5.60 Å². The Morgan fingerprint density at radius 2 is 2.04 bits per heavy atom. The Hall–Kier alpha value is -2.67. The molecule has 0 radical (unpaired) electrons. The van der Waals surface area contributed by atoms with Crippen molar-refractivity contribution in [2.45, 2.75) is 31.8 Å². The number of rotatable bonds is 4. The van der Waals surface area contributed by atoms with Crippen molar-refractivity contribution in [2.24, 2.45) is 0 Å². The molecular formula is C19H24N4O3. The van der Waals surface area contributed by atoms with Gasteiger partial charge in [0.25, 0.3) is 5.91 Å². The van der Waals surface area contributed by atoms with Crippen LogP contribution in [-0.2, 0) is 4.79 Å². The number of nitrogens with zero attached hydrogens (tertiary/aromatic N) is 3. The molecule has 2 aromatic rings.